The molecule has 1 aromatic carbocycles. The number of imidazole rings is 1. The van der Waals surface area contributed by atoms with Crippen LogP contribution in [0.15, 0.2) is 18.2 Å². The maximum absolute atomic E-state index is 13.7. The Morgan fingerprint density at radius 2 is 1.86 bits per heavy atom. The van der Waals surface area contributed by atoms with Gasteiger partial charge in [-0.3, -0.25) is 0 Å². The predicted molar refractivity (Wildman–Crippen MR) is 106 cm³/mol. The number of nitrogen functional groups attached to an aromatic ring is 1. The van der Waals surface area contributed by atoms with Crippen molar-refractivity contribution in [1.82, 2.24) is 19.5 Å². The van der Waals surface area contributed by atoms with E-state index in [9.17, 15) is 13.9 Å². The zero-order valence-electron chi connectivity index (χ0n) is 16.0. The fourth-order valence-electron chi connectivity index (χ4n) is 2.80. The van der Waals surface area contributed by atoms with Gasteiger partial charge in [0.15, 0.2) is 22.6 Å². The second kappa shape index (κ2) is 7.86. The molecule has 1 unspecified atom stereocenters. The highest BCUT2D eigenvalue weighted by Gasteiger charge is 2.20. The van der Waals surface area contributed by atoms with Gasteiger partial charge in [0.25, 0.3) is 0 Å². The number of anilines is 1. The Bertz CT molecular complexity index is 1170. The van der Waals surface area contributed by atoms with Gasteiger partial charge in [0.1, 0.15) is 17.5 Å². The van der Waals surface area contributed by atoms with E-state index in [1.807, 2.05) is 6.92 Å². The van der Waals surface area contributed by atoms with Crippen molar-refractivity contribution in [2.45, 2.75) is 38.8 Å². The van der Waals surface area contributed by atoms with E-state index in [0.717, 1.165) is 6.07 Å². The molecule has 1 atom stereocenters. The minimum atomic E-state index is -1.60. The van der Waals surface area contributed by atoms with Crippen LogP contribution in [0.25, 0.3) is 22.6 Å². The van der Waals surface area contributed by atoms with Crippen LogP contribution < -0.4 is 5.73 Å². The molecule has 0 aliphatic heterocycles. The number of rotatable bonds is 4. The van der Waals surface area contributed by atoms with Gasteiger partial charge in [-0.15, -0.1) is 6.42 Å². The Labute approximate surface area is 166 Å². The molecule has 0 aliphatic rings. The Morgan fingerprint density at radius 1 is 1.17 bits per heavy atom. The van der Waals surface area contributed by atoms with Crippen molar-refractivity contribution in [2.75, 3.05) is 5.73 Å². The molecular formula is C21H19F2N5O. The quantitative estimate of drug-likeness (QED) is 0.663. The number of hydrogen-bond donors (Lipinski definition) is 2. The van der Waals surface area contributed by atoms with Crippen molar-refractivity contribution in [3.05, 3.63) is 35.7 Å². The molecular weight excluding hydrogens is 376 g/mol. The van der Waals surface area contributed by atoms with Crippen LogP contribution in [0, 0.1) is 35.8 Å². The highest BCUT2D eigenvalue weighted by atomic mass is 19.1. The van der Waals surface area contributed by atoms with Crippen LogP contribution >= 0.6 is 0 Å². The van der Waals surface area contributed by atoms with E-state index in [1.165, 1.54) is 12.1 Å². The molecule has 0 aliphatic carbocycles. The first-order chi connectivity index (χ1) is 13.8. The van der Waals surface area contributed by atoms with Crippen molar-refractivity contribution < 1.29 is 13.9 Å². The zero-order valence-corrected chi connectivity index (χ0v) is 16.0. The number of benzene rings is 1. The van der Waals surface area contributed by atoms with Crippen LogP contribution in [0.5, 0.6) is 0 Å². The molecule has 148 valence electrons. The fourth-order valence-corrected chi connectivity index (χ4v) is 2.80. The standard InChI is InChI=1S/C21H19F2N5O/c1-4-9-28-19(13-10-14(22)12-15(23)11-13)27-17-18(24)25-16(26-20(17)28)7-8-21(29,5-2)6-3/h2,10-12,29H,4,6,9H2,1,3H3,(H2,24,25,26). The Hall–Kier alpha value is -3.49. The Balaban J connectivity index is 2.22. The number of aryl methyl sites for hydroxylation is 1. The number of terminal acetylenes is 1. The molecule has 8 heteroatoms. The monoisotopic (exact) mass is 395 g/mol. The highest BCUT2D eigenvalue weighted by Crippen LogP contribution is 2.27. The number of nitrogens with two attached hydrogens (primary N) is 1. The number of halogens is 2. The second-order valence-electron chi connectivity index (χ2n) is 6.46. The summed E-state index contributed by atoms with van der Waals surface area (Å²) in [5.41, 5.74) is 5.37. The SMILES string of the molecule is C#CC(O)(C#Cc1nc(N)c2nc(-c3cc(F)cc(F)c3)n(CCC)c2n1)CC. The summed E-state index contributed by atoms with van der Waals surface area (Å²) in [6, 6.07) is 3.17. The predicted octanol–water partition coefficient (Wildman–Crippen LogP) is 2.89. The van der Waals surface area contributed by atoms with Crippen LogP contribution in [-0.2, 0) is 6.54 Å². The van der Waals surface area contributed by atoms with Gasteiger partial charge in [0, 0.05) is 18.2 Å². The van der Waals surface area contributed by atoms with Gasteiger partial charge in [-0.05, 0) is 36.8 Å². The minimum absolute atomic E-state index is 0.0614. The van der Waals surface area contributed by atoms with Gasteiger partial charge in [-0.25, -0.2) is 23.7 Å². The molecule has 0 spiro atoms. The fraction of sp³-hybridized carbons (Fsp3) is 0.286. The van der Waals surface area contributed by atoms with Gasteiger partial charge in [-0.1, -0.05) is 19.8 Å². The molecule has 0 bridgehead atoms. The summed E-state index contributed by atoms with van der Waals surface area (Å²) in [7, 11) is 0. The molecule has 3 N–H and O–H groups in total. The number of hydrogen-bond acceptors (Lipinski definition) is 5. The minimum Gasteiger partial charge on any atom is -0.382 e. The molecule has 2 aromatic heterocycles. The molecule has 6 nitrogen and oxygen atoms in total. The van der Waals surface area contributed by atoms with E-state index in [4.69, 9.17) is 12.2 Å². The maximum atomic E-state index is 13.7. The largest absolute Gasteiger partial charge is 0.382 e. The molecule has 3 rings (SSSR count). The van der Waals surface area contributed by atoms with E-state index < -0.39 is 17.2 Å². The summed E-state index contributed by atoms with van der Waals surface area (Å²) in [5.74, 6) is 6.46. The first-order valence-electron chi connectivity index (χ1n) is 9.03. The smallest absolute Gasteiger partial charge is 0.209 e. The van der Waals surface area contributed by atoms with E-state index in [0.29, 0.717) is 30.0 Å². The molecule has 0 radical (unpaired) electrons. The van der Waals surface area contributed by atoms with Crippen molar-refractivity contribution in [3.63, 3.8) is 0 Å². The van der Waals surface area contributed by atoms with E-state index in [1.54, 1.807) is 11.5 Å². The summed E-state index contributed by atoms with van der Waals surface area (Å²) >= 11 is 0. The average Bonchev–Trinajstić information content (AvgIpc) is 3.05. The topological polar surface area (TPSA) is 89.9 Å². The van der Waals surface area contributed by atoms with Crippen LogP contribution in [-0.4, -0.2) is 30.2 Å². The van der Waals surface area contributed by atoms with Crippen molar-refractivity contribution in [2.24, 2.45) is 0 Å². The van der Waals surface area contributed by atoms with Crippen LogP contribution in [0.2, 0.25) is 0 Å². The molecule has 0 fully saturated rings. The third kappa shape index (κ3) is 4.03. The molecule has 29 heavy (non-hydrogen) atoms. The second-order valence-corrected chi connectivity index (χ2v) is 6.46. The Morgan fingerprint density at radius 3 is 2.45 bits per heavy atom. The lowest BCUT2D eigenvalue weighted by molar-refractivity contribution is 0.159. The number of fused-ring (bicyclic) bond motifs is 1. The van der Waals surface area contributed by atoms with E-state index >= 15 is 0 Å². The summed E-state index contributed by atoms with van der Waals surface area (Å²) < 4.78 is 29.2. The molecule has 0 saturated carbocycles. The Kier molecular flexibility index (Phi) is 5.49. The summed E-state index contributed by atoms with van der Waals surface area (Å²) in [4.78, 5) is 12.9. The summed E-state index contributed by atoms with van der Waals surface area (Å²) in [5, 5.41) is 10.1. The first kappa shape index (κ1) is 20.2. The number of aromatic nitrogens is 4. The normalized spacial score (nSPS) is 12.8. The number of nitrogens with zero attached hydrogens (tertiary/aromatic N) is 4. The first-order valence-corrected chi connectivity index (χ1v) is 9.03. The third-order valence-corrected chi connectivity index (χ3v) is 4.32. The van der Waals surface area contributed by atoms with Gasteiger partial charge < -0.3 is 15.4 Å². The lowest BCUT2D eigenvalue weighted by atomic mass is 10.0. The van der Waals surface area contributed by atoms with Crippen LogP contribution in [0.3, 0.4) is 0 Å². The highest BCUT2D eigenvalue weighted by molar-refractivity contribution is 5.85. The van der Waals surface area contributed by atoms with Crippen LogP contribution in [0.1, 0.15) is 32.5 Å². The van der Waals surface area contributed by atoms with E-state index in [2.05, 4.69) is 32.7 Å². The molecule has 0 saturated heterocycles. The average molecular weight is 395 g/mol. The van der Waals surface area contributed by atoms with Crippen molar-refractivity contribution in [3.8, 4) is 35.6 Å². The molecule has 2 heterocycles. The van der Waals surface area contributed by atoms with Gasteiger partial charge in [0.05, 0.1) is 0 Å². The van der Waals surface area contributed by atoms with Crippen molar-refractivity contribution >= 4 is 17.0 Å². The van der Waals surface area contributed by atoms with Gasteiger partial charge in [0.2, 0.25) is 5.82 Å². The van der Waals surface area contributed by atoms with Gasteiger partial charge in [-0.2, -0.15) is 0 Å². The summed E-state index contributed by atoms with van der Waals surface area (Å²) in [6.07, 6.45) is 6.26. The lowest BCUT2D eigenvalue weighted by Gasteiger charge is -2.10. The molecule has 3 aromatic rings. The van der Waals surface area contributed by atoms with E-state index in [-0.39, 0.29) is 23.6 Å². The van der Waals surface area contributed by atoms with Gasteiger partial charge >= 0.3 is 0 Å². The lowest BCUT2D eigenvalue weighted by Crippen LogP contribution is -2.22. The zero-order chi connectivity index (χ0) is 21.2. The maximum Gasteiger partial charge on any atom is 0.209 e. The number of aliphatic hydroxyl groups is 1. The summed E-state index contributed by atoms with van der Waals surface area (Å²) in [6.45, 7) is 4.13. The molecule has 0 amide bonds. The van der Waals surface area contributed by atoms with Crippen LogP contribution in [0.4, 0.5) is 14.6 Å². The van der Waals surface area contributed by atoms with Crippen molar-refractivity contribution in [1.29, 1.82) is 0 Å². The third-order valence-electron chi connectivity index (χ3n) is 4.32.